The summed E-state index contributed by atoms with van der Waals surface area (Å²) in [6, 6.07) is 0. The number of rotatable bonds is 4. The number of hydrogen-bond donors (Lipinski definition) is 1. The SMILES string of the molecule is CCN(C)C(=O)[C@H]1CC[C@@H](CNC(=O)OC(C)(C)C)O1. The van der Waals surface area contributed by atoms with Crippen LogP contribution >= 0.6 is 0 Å². The van der Waals surface area contributed by atoms with Gasteiger partial charge in [-0.05, 0) is 40.5 Å². The van der Waals surface area contributed by atoms with Crippen LogP contribution < -0.4 is 5.32 Å². The topological polar surface area (TPSA) is 67.9 Å². The van der Waals surface area contributed by atoms with Crippen LogP contribution in [0, 0.1) is 0 Å². The molecule has 0 aliphatic carbocycles. The van der Waals surface area contributed by atoms with Gasteiger partial charge in [0.05, 0.1) is 6.10 Å². The average molecular weight is 286 g/mol. The molecule has 0 spiro atoms. The number of likely N-dealkylation sites (N-methyl/N-ethyl adjacent to an activating group) is 1. The molecule has 0 saturated carbocycles. The third-order valence-corrected chi connectivity index (χ3v) is 3.11. The van der Waals surface area contributed by atoms with Gasteiger partial charge >= 0.3 is 6.09 Å². The van der Waals surface area contributed by atoms with Gasteiger partial charge in [0.15, 0.2) is 0 Å². The molecule has 1 saturated heterocycles. The lowest BCUT2D eigenvalue weighted by Crippen LogP contribution is -2.39. The Balaban J connectivity index is 2.31. The van der Waals surface area contributed by atoms with Crippen molar-refractivity contribution in [1.82, 2.24) is 10.2 Å². The van der Waals surface area contributed by atoms with E-state index in [0.717, 1.165) is 6.42 Å². The first-order valence-electron chi connectivity index (χ1n) is 7.10. The van der Waals surface area contributed by atoms with E-state index in [9.17, 15) is 9.59 Å². The molecule has 1 heterocycles. The summed E-state index contributed by atoms with van der Waals surface area (Å²) in [5, 5.41) is 2.67. The van der Waals surface area contributed by atoms with Crippen LogP contribution in [0.2, 0.25) is 0 Å². The summed E-state index contributed by atoms with van der Waals surface area (Å²) in [5.41, 5.74) is -0.511. The van der Waals surface area contributed by atoms with Gasteiger partial charge in [0.25, 0.3) is 5.91 Å². The van der Waals surface area contributed by atoms with Crippen molar-refractivity contribution in [3.8, 4) is 0 Å². The highest BCUT2D eigenvalue weighted by molar-refractivity contribution is 5.80. The predicted molar refractivity (Wildman–Crippen MR) is 75.4 cm³/mol. The van der Waals surface area contributed by atoms with E-state index >= 15 is 0 Å². The van der Waals surface area contributed by atoms with Crippen molar-refractivity contribution >= 4 is 12.0 Å². The van der Waals surface area contributed by atoms with Crippen molar-refractivity contribution < 1.29 is 19.1 Å². The molecular formula is C14H26N2O4. The normalized spacial score (nSPS) is 22.4. The highest BCUT2D eigenvalue weighted by atomic mass is 16.6. The zero-order valence-electron chi connectivity index (χ0n) is 13.1. The van der Waals surface area contributed by atoms with Crippen molar-refractivity contribution in [2.75, 3.05) is 20.1 Å². The van der Waals surface area contributed by atoms with Crippen molar-refractivity contribution in [1.29, 1.82) is 0 Å². The average Bonchev–Trinajstić information content (AvgIpc) is 2.81. The highest BCUT2D eigenvalue weighted by Gasteiger charge is 2.32. The number of carbonyl (C=O) groups excluding carboxylic acids is 2. The van der Waals surface area contributed by atoms with Crippen LogP contribution in [-0.4, -0.2) is 54.8 Å². The number of ether oxygens (including phenoxy) is 2. The molecule has 0 unspecified atom stereocenters. The molecule has 1 rings (SSSR count). The summed E-state index contributed by atoms with van der Waals surface area (Å²) >= 11 is 0. The molecule has 0 aromatic heterocycles. The maximum absolute atomic E-state index is 11.9. The lowest BCUT2D eigenvalue weighted by molar-refractivity contribution is -0.141. The fraction of sp³-hybridized carbons (Fsp3) is 0.857. The highest BCUT2D eigenvalue weighted by Crippen LogP contribution is 2.20. The van der Waals surface area contributed by atoms with Gasteiger partial charge in [-0.25, -0.2) is 4.79 Å². The Kier molecular flexibility index (Phi) is 5.80. The second-order valence-corrected chi connectivity index (χ2v) is 6.06. The molecule has 0 aromatic rings. The van der Waals surface area contributed by atoms with E-state index in [4.69, 9.17) is 9.47 Å². The minimum absolute atomic E-state index is 0.00673. The summed E-state index contributed by atoms with van der Waals surface area (Å²) in [6.45, 7) is 8.40. The van der Waals surface area contributed by atoms with Crippen LogP contribution in [0.5, 0.6) is 0 Å². The second kappa shape index (κ2) is 6.92. The largest absolute Gasteiger partial charge is 0.444 e. The standard InChI is InChI=1S/C14H26N2O4/c1-6-16(5)12(17)11-8-7-10(19-11)9-15-13(18)20-14(2,3)4/h10-11H,6-9H2,1-5H3,(H,15,18)/t10-,11+/m0/s1. The summed E-state index contributed by atoms with van der Waals surface area (Å²) in [5.74, 6) is 0.00673. The minimum Gasteiger partial charge on any atom is -0.444 e. The van der Waals surface area contributed by atoms with Gasteiger partial charge in [-0.2, -0.15) is 0 Å². The Morgan fingerprint density at radius 1 is 1.35 bits per heavy atom. The van der Waals surface area contributed by atoms with Crippen molar-refractivity contribution in [2.45, 2.75) is 58.3 Å². The van der Waals surface area contributed by atoms with Gasteiger partial charge < -0.3 is 19.7 Å². The summed E-state index contributed by atoms with van der Waals surface area (Å²) < 4.78 is 10.8. The van der Waals surface area contributed by atoms with Gasteiger partial charge in [-0.3, -0.25) is 4.79 Å². The first-order chi connectivity index (χ1) is 9.23. The van der Waals surface area contributed by atoms with E-state index in [0.29, 0.717) is 19.5 Å². The molecule has 6 heteroatoms. The summed E-state index contributed by atoms with van der Waals surface area (Å²) in [7, 11) is 1.76. The predicted octanol–water partition coefficient (Wildman–Crippen LogP) is 1.54. The molecule has 2 atom stereocenters. The molecule has 0 bridgehead atoms. The van der Waals surface area contributed by atoms with Gasteiger partial charge in [0, 0.05) is 20.1 Å². The first-order valence-corrected chi connectivity index (χ1v) is 7.10. The third kappa shape index (κ3) is 5.36. The lowest BCUT2D eigenvalue weighted by atomic mass is 10.2. The smallest absolute Gasteiger partial charge is 0.407 e. The third-order valence-electron chi connectivity index (χ3n) is 3.11. The fourth-order valence-electron chi connectivity index (χ4n) is 1.95. The van der Waals surface area contributed by atoms with E-state index in [1.165, 1.54) is 0 Å². The van der Waals surface area contributed by atoms with Crippen LogP contribution in [0.1, 0.15) is 40.5 Å². The van der Waals surface area contributed by atoms with Gasteiger partial charge in [-0.1, -0.05) is 0 Å². The number of carbonyl (C=O) groups is 2. The molecule has 6 nitrogen and oxygen atoms in total. The molecule has 2 amide bonds. The first kappa shape index (κ1) is 16.8. The molecule has 1 aliphatic rings. The zero-order chi connectivity index (χ0) is 15.3. The number of nitrogens with zero attached hydrogens (tertiary/aromatic N) is 1. The maximum atomic E-state index is 11.9. The zero-order valence-corrected chi connectivity index (χ0v) is 13.1. The Bertz CT molecular complexity index is 352. The van der Waals surface area contributed by atoms with Crippen LogP contribution in [0.3, 0.4) is 0 Å². The van der Waals surface area contributed by atoms with Crippen LogP contribution in [0.25, 0.3) is 0 Å². The van der Waals surface area contributed by atoms with Crippen molar-refractivity contribution in [3.05, 3.63) is 0 Å². The van der Waals surface area contributed by atoms with E-state index in [2.05, 4.69) is 5.32 Å². The molecule has 116 valence electrons. The molecule has 1 aliphatic heterocycles. The lowest BCUT2D eigenvalue weighted by Gasteiger charge is -2.21. The van der Waals surface area contributed by atoms with E-state index in [-0.39, 0.29) is 18.1 Å². The van der Waals surface area contributed by atoms with Crippen LogP contribution in [0.15, 0.2) is 0 Å². The van der Waals surface area contributed by atoms with Crippen molar-refractivity contribution in [3.63, 3.8) is 0 Å². The number of nitrogens with one attached hydrogen (secondary N) is 1. The Labute approximate surface area is 120 Å². The number of alkyl carbamates (subject to hydrolysis) is 1. The Morgan fingerprint density at radius 3 is 2.55 bits per heavy atom. The molecular weight excluding hydrogens is 260 g/mol. The molecule has 20 heavy (non-hydrogen) atoms. The van der Waals surface area contributed by atoms with Gasteiger partial charge in [0.2, 0.25) is 0 Å². The molecule has 1 N–H and O–H groups in total. The molecule has 0 radical (unpaired) electrons. The van der Waals surface area contributed by atoms with Crippen molar-refractivity contribution in [2.24, 2.45) is 0 Å². The molecule has 0 aromatic carbocycles. The molecule has 1 fully saturated rings. The quantitative estimate of drug-likeness (QED) is 0.851. The minimum atomic E-state index is -0.511. The maximum Gasteiger partial charge on any atom is 0.407 e. The van der Waals surface area contributed by atoms with E-state index < -0.39 is 11.7 Å². The second-order valence-electron chi connectivity index (χ2n) is 6.06. The van der Waals surface area contributed by atoms with Crippen LogP contribution in [-0.2, 0) is 14.3 Å². The van der Waals surface area contributed by atoms with E-state index in [1.54, 1.807) is 11.9 Å². The van der Waals surface area contributed by atoms with Crippen LogP contribution in [0.4, 0.5) is 4.79 Å². The number of hydrogen-bond acceptors (Lipinski definition) is 4. The van der Waals surface area contributed by atoms with E-state index in [1.807, 2.05) is 27.7 Å². The Morgan fingerprint density at radius 2 is 2.00 bits per heavy atom. The van der Waals surface area contributed by atoms with Gasteiger partial charge in [0.1, 0.15) is 11.7 Å². The monoisotopic (exact) mass is 286 g/mol. The van der Waals surface area contributed by atoms with Gasteiger partial charge in [-0.15, -0.1) is 0 Å². The fourth-order valence-corrected chi connectivity index (χ4v) is 1.95. The number of amides is 2. The summed E-state index contributed by atoms with van der Waals surface area (Å²) in [4.78, 5) is 25.1. The summed E-state index contributed by atoms with van der Waals surface area (Å²) in [6.07, 6.45) is 0.502. The Hall–Kier alpha value is -1.30.